The summed E-state index contributed by atoms with van der Waals surface area (Å²) in [5.74, 6) is -0.643. The summed E-state index contributed by atoms with van der Waals surface area (Å²) in [6.45, 7) is 1.03. The van der Waals surface area contributed by atoms with Gasteiger partial charge in [0.25, 0.3) is 5.91 Å². The van der Waals surface area contributed by atoms with E-state index < -0.39 is 15.6 Å². The third-order valence-electron chi connectivity index (χ3n) is 5.91. The van der Waals surface area contributed by atoms with E-state index in [-0.39, 0.29) is 17.5 Å². The van der Waals surface area contributed by atoms with Gasteiger partial charge in [0.05, 0.1) is 5.75 Å². The molecule has 1 amide bonds. The number of benzene rings is 2. The maximum Gasteiger partial charge on any atom is 0.269 e. The van der Waals surface area contributed by atoms with Crippen LogP contribution in [0.4, 0.5) is 4.39 Å². The summed E-state index contributed by atoms with van der Waals surface area (Å²) < 4.78 is 40.3. The number of carbonyl (C=O) groups excluding carboxylic acids is 1. The lowest BCUT2D eigenvalue weighted by Crippen LogP contribution is -2.47. The SMILES string of the molecule is O=C(NCCc1cccc(F)c1)C1=NOC2(CCN(S(=O)(=O)Cc3ccccc3)CC2)C1. The molecule has 1 saturated heterocycles. The average Bonchev–Trinajstić information content (AvgIpc) is 3.18. The molecule has 0 saturated carbocycles. The molecule has 1 fully saturated rings. The second-order valence-corrected chi connectivity index (χ2v) is 10.2. The zero-order chi connectivity index (χ0) is 22.6. The van der Waals surface area contributed by atoms with Crippen LogP contribution in [-0.2, 0) is 31.8 Å². The molecule has 0 aliphatic carbocycles. The standard InChI is InChI=1S/C23H26FN3O4S/c24-20-8-4-7-18(15-20)9-12-25-22(28)21-16-23(31-26-21)10-13-27(14-11-23)32(29,30)17-19-5-2-1-3-6-19/h1-8,15H,9-14,16-17H2,(H,25,28). The number of sulfonamides is 1. The Hall–Kier alpha value is -2.78. The van der Waals surface area contributed by atoms with Gasteiger partial charge in [-0.2, -0.15) is 0 Å². The van der Waals surface area contributed by atoms with E-state index in [2.05, 4.69) is 10.5 Å². The summed E-state index contributed by atoms with van der Waals surface area (Å²) in [5.41, 5.74) is 1.24. The second-order valence-electron chi connectivity index (χ2n) is 8.27. The van der Waals surface area contributed by atoms with Gasteiger partial charge in [-0.05, 0) is 29.7 Å². The number of nitrogens with one attached hydrogen (secondary N) is 1. The van der Waals surface area contributed by atoms with Crippen LogP contribution in [0.3, 0.4) is 0 Å². The van der Waals surface area contributed by atoms with Crippen molar-refractivity contribution in [3.05, 3.63) is 71.5 Å². The zero-order valence-corrected chi connectivity index (χ0v) is 18.5. The van der Waals surface area contributed by atoms with E-state index in [1.165, 1.54) is 16.4 Å². The number of nitrogens with zero attached hydrogens (tertiary/aromatic N) is 2. The fourth-order valence-electron chi connectivity index (χ4n) is 4.07. The van der Waals surface area contributed by atoms with Crippen molar-refractivity contribution in [2.75, 3.05) is 19.6 Å². The van der Waals surface area contributed by atoms with Gasteiger partial charge >= 0.3 is 0 Å². The highest BCUT2D eigenvalue weighted by Gasteiger charge is 2.45. The lowest BCUT2D eigenvalue weighted by molar-refractivity contribution is -0.114. The zero-order valence-electron chi connectivity index (χ0n) is 17.7. The quantitative estimate of drug-likeness (QED) is 0.690. The Balaban J connectivity index is 1.25. The van der Waals surface area contributed by atoms with E-state index in [0.717, 1.165) is 11.1 Å². The number of piperidine rings is 1. The van der Waals surface area contributed by atoms with Gasteiger partial charge in [-0.1, -0.05) is 47.6 Å². The summed E-state index contributed by atoms with van der Waals surface area (Å²) in [7, 11) is -3.42. The molecule has 7 nitrogen and oxygen atoms in total. The van der Waals surface area contributed by atoms with Crippen LogP contribution < -0.4 is 5.32 Å². The van der Waals surface area contributed by atoms with Gasteiger partial charge in [0.15, 0.2) is 0 Å². The molecule has 9 heteroatoms. The Morgan fingerprint density at radius 2 is 1.81 bits per heavy atom. The number of rotatable bonds is 7. The van der Waals surface area contributed by atoms with Crippen molar-refractivity contribution in [2.24, 2.45) is 5.16 Å². The van der Waals surface area contributed by atoms with E-state index in [0.29, 0.717) is 51.0 Å². The lowest BCUT2D eigenvalue weighted by atomic mass is 9.87. The van der Waals surface area contributed by atoms with Gasteiger partial charge in [-0.15, -0.1) is 0 Å². The maximum absolute atomic E-state index is 13.2. The van der Waals surface area contributed by atoms with Gasteiger partial charge in [-0.25, -0.2) is 17.1 Å². The van der Waals surface area contributed by atoms with Gasteiger partial charge in [0.1, 0.15) is 17.1 Å². The minimum absolute atomic E-state index is 0.0306. The minimum Gasteiger partial charge on any atom is -0.388 e. The number of oxime groups is 1. The fraction of sp³-hybridized carbons (Fsp3) is 0.391. The summed E-state index contributed by atoms with van der Waals surface area (Å²) in [4.78, 5) is 18.1. The highest BCUT2D eigenvalue weighted by Crippen LogP contribution is 2.35. The van der Waals surface area contributed by atoms with E-state index in [9.17, 15) is 17.6 Å². The fourth-order valence-corrected chi connectivity index (χ4v) is 5.61. The molecule has 4 rings (SSSR count). The molecular weight excluding hydrogens is 433 g/mol. The molecule has 2 aromatic rings. The Morgan fingerprint density at radius 1 is 1.09 bits per heavy atom. The number of hydrogen-bond donors (Lipinski definition) is 1. The number of hydrogen-bond acceptors (Lipinski definition) is 5. The van der Waals surface area contributed by atoms with E-state index in [1.54, 1.807) is 24.3 Å². The predicted octanol–water partition coefficient (Wildman–Crippen LogP) is 2.63. The van der Waals surface area contributed by atoms with Crippen LogP contribution in [0.25, 0.3) is 0 Å². The Bertz CT molecular complexity index is 1100. The van der Waals surface area contributed by atoms with E-state index in [1.807, 2.05) is 18.2 Å². The Morgan fingerprint density at radius 3 is 2.53 bits per heavy atom. The molecule has 2 aromatic carbocycles. The maximum atomic E-state index is 13.2. The number of amides is 1. The summed E-state index contributed by atoms with van der Waals surface area (Å²) in [5, 5.41) is 6.78. The van der Waals surface area contributed by atoms with Crippen LogP contribution >= 0.6 is 0 Å². The highest BCUT2D eigenvalue weighted by atomic mass is 32.2. The number of halogens is 1. The van der Waals surface area contributed by atoms with Crippen LogP contribution in [0.1, 0.15) is 30.4 Å². The van der Waals surface area contributed by atoms with Gasteiger partial charge < -0.3 is 10.2 Å². The summed E-state index contributed by atoms with van der Waals surface area (Å²) in [6.07, 6.45) is 1.82. The third kappa shape index (κ3) is 5.34. The predicted molar refractivity (Wildman–Crippen MR) is 119 cm³/mol. The average molecular weight is 460 g/mol. The molecule has 1 spiro atoms. The van der Waals surface area contributed by atoms with Crippen molar-refractivity contribution in [2.45, 2.75) is 37.0 Å². The normalized spacial score (nSPS) is 18.2. The monoisotopic (exact) mass is 459 g/mol. The van der Waals surface area contributed by atoms with Crippen molar-refractivity contribution < 1.29 is 22.4 Å². The first-order valence-electron chi connectivity index (χ1n) is 10.6. The first-order chi connectivity index (χ1) is 15.4. The molecule has 2 aliphatic heterocycles. The molecule has 170 valence electrons. The first-order valence-corrected chi connectivity index (χ1v) is 12.3. The highest BCUT2D eigenvalue weighted by molar-refractivity contribution is 7.88. The Kier molecular flexibility index (Phi) is 6.57. The molecule has 0 radical (unpaired) electrons. The molecular formula is C23H26FN3O4S. The second kappa shape index (κ2) is 9.38. The summed E-state index contributed by atoms with van der Waals surface area (Å²) in [6, 6.07) is 15.4. The van der Waals surface area contributed by atoms with E-state index >= 15 is 0 Å². The third-order valence-corrected chi connectivity index (χ3v) is 7.76. The molecule has 0 atom stereocenters. The van der Waals surface area contributed by atoms with Gasteiger partial charge in [0, 0.05) is 38.9 Å². The smallest absolute Gasteiger partial charge is 0.269 e. The first kappa shape index (κ1) is 22.4. The molecule has 0 unspecified atom stereocenters. The number of carbonyl (C=O) groups is 1. The Labute approximate surface area is 187 Å². The van der Waals surface area contributed by atoms with Crippen LogP contribution in [-0.4, -0.2) is 49.6 Å². The van der Waals surface area contributed by atoms with Crippen molar-refractivity contribution in [3.63, 3.8) is 0 Å². The van der Waals surface area contributed by atoms with E-state index in [4.69, 9.17) is 4.84 Å². The largest absolute Gasteiger partial charge is 0.388 e. The van der Waals surface area contributed by atoms with Crippen molar-refractivity contribution >= 4 is 21.6 Å². The molecule has 32 heavy (non-hydrogen) atoms. The molecule has 2 aliphatic rings. The molecule has 0 bridgehead atoms. The van der Waals surface area contributed by atoms with Crippen LogP contribution in [0.15, 0.2) is 59.8 Å². The lowest BCUT2D eigenvalue weighted by Gasteiger charge is -2.36. The minimum atomic E-state index is -3.42. The topological polar surface area (TPSA) is 88.1 Å². The molecule has 1 N–H and O–H groups in total. The van der Waals surface area contributed by atoms with Crippen molar-refractivity contribution in [3.8, 4) is 0 Å². The van der Waals surface area contributed by atoms with Crippen molar-refractivity contribution in [1.82, 2.24) is 9.62 Å². The van der Waals surface area contributed by atoms with Crippen LogP contribution in [0.2, 0.25) is 0 Å². The van der Waals surface area contributed by atoms with Crippen LogP contribution in [0.5, 0.6) is 0 Å². The van der Waals surface area contributed by atoms with Crippen LogP contribution in [0, 0.1) is 5.82 Å². The molecule has 2 heterocycles. The summed E-state index contributed by atoms with van der Waals surface area (Å²) >= 11 is 0. The molecule has 0 aromatic heterocycles. The van der Waals surface area contributed by atoms with Gasteiger partial charge in [-0.3, -0.25) is 4.79 Å². The van der Waals surface area contributed by atoms with Crippen molar-refractivity contribution in [1.29, 1.82) is 0 Å². The van der Waals surface area contributed by atoms with Gasteiger partial charge in [0.2, 0.25) is 10.0 Å².